The molecule has 0 N–H and O–H groups in total. The smallest absolute Gasteiger partial charge is 0.291 e. The van der Waals surface area contributed by atoms with Crippen molar-refractivity contribution in [1.82, 2.24) is 4.90 Å². The quantitative estimate of drug-likeness (QED) is 0.269. The minimum absolute atomic E-state index is 0.0637. The molecule has 1 amide bonds. The molecular formula is C25H19NO5. The van der Waals surface area contributed by atoms with Crippen LogP contribution in [0.3, 0.4) is 0 Å². The number of hydrogen-bond donors (Lipinski definition) is 0. The first-order valence-corrected chi connectivity index (χ1v) is 10.1. The van der Waals surface area contributed by atoms with Gasteiger partial charge < -0.3 is 13.7 Å². The zero-order valence-corrected chi connectivity index (χ0v) is 16.6. The summed E-state index contributed by atoms with van der Waals surface area (Å²) in [6.45, 7) is 0.295. The highest BCUT2D eigenvalue weighted by Gasteiger charge is 2.53. The van der Waals surface area contributed by atoms with Crippen molar-refractivity contribution in [2.75, 3.05) is 6.54 Å². The average molecular weight is 413 g/mol. The summed E-state index contributed by atoms with van der Waals surface area (Å²) in [5, 5.41) is 0.762. The van der Waals surface area contributed by atoms with Crippen LogP contribution < -0.4 is 0 Å². The summed E-state index contributed by atoms with van der Waals surface area (Å²) in [6, 6.07) is 21.1. The van der Waals surface area contributed by atoms with Crippen molar-refractivity contribution in [3.05, 3.63) is 96.1 Å². The minimum atomic E-state index is -1.21. The molecule has 4 aromatic rings. The second-order valence-electron chi connectivity index (χ2n) is 7.55. The van der Waals surface area contributed by atoms with Crippen LogP contribution >= 0.6 is 0 Å². The van der Waals surface area contributed by atoms with Gasteiger partial charge in [0, 0.05) is 11.9 Å². The van der Waals surface area contributed by atoms with E-state index in [2.05, 4.69) is 0 Å². The zero-order chi connectivity index (χ0) is 21.4. The van der Waals surface area contributed by atoms with Crippen LogP contribution in [-0.2, 0) is 16.0 Å². The molecule has 0 bridgehead atoms. The van der Waals surface area contributed by atoms with E-state index in [9.17, 15) is 14.4 Å². The van der Waals surface area contributed by atoms with Crippen molar-refractivity contribution in [3.63, 3.8) is 0 Å². The Morgan fingerprint density at radius 1 is 0.935 bits per heavy atom. The first kappa shape index (κ1) is 19.1. The van der Waals surface area contributed by atoms with Gasteiger partial charge in [0.15, 0.2) is 5.76 Å². The van der Waals surface area contributed by atoms with E-state index in [1.54, 1.807) is 30.3 Å². The molecule has 6 nitrogen and oxygen atoms in total. The lowest BCUT2D eigenvalue weighted by molar-refractivity contribution is -0.140. The van der Waals surface area contributed by atoms with Crippen LogP contribution in [0.25, 0.3) is 11.0 Å². The van der Waals surface area contributed by atoms with Gasteiger partial charge in [-0.3, -0.25) is 14.4 Å². The number of hydrogen-bond acceptors (Lipinski definition) is 5. The Morgan fingerprint density at radius 3 is 2.45 bits per heavy atom. The third kappa shape index (κ3) is 3.36. The van der Waals surface area contributed by atoms with Gasteiger partial charge in [0.2, 0.25) is 11.6 Å². The molecule has 154 valence electrons. The van der Waals surface area contributed by atoms with E-state index in [1.807, 2.05) is 42.5 Å². The van der Waals surface area contributed by atoms with Gasteiger partial charge in [0.25, 0.3) is 5.91 Å². The summed E-state index contributed by atoms with van der Waals surface area (Å²) >= 11 is 0. The Bertz CT molecular complexity index is 1220. The first-order valence-electron chi connectivity index (χ1n) is 10.1. The number of Topliss-reactive ketones (excluding diaryl/α,β-unsaturated/α-hetero) is 2. The molecule has 6 heteroatoms. The third-order valence-corrected chi connectivity index (χ3v) is 5.68. The van der Waals surface area contributed by atoms with Gasteiger partial charge >= 0.3 is 0 Å². The van der Waals surface area contributed by atoms with E-state index < -0.39 is 29.4 Å². The van der Waals surface area contributed by atoms with Gasteiger partial charge in [-0.25, -0.2) is 0 Å². The fourth-order valence-corrected chi connectivity index (χ4v) is 4.16. The Balaban J connectivity index is 1.50. The number of carbonyl (C=O) groups excluding carboxylic acids is 3. The Labute approximate surface area is 178 Å². The van der Waals surface area contributed by atoms with Gasteiger partial charge in [-0.15, -0.1) is 0 Å². The second kappa shape index (κ2) is 7.72. The maximum Gasteiger partial charge on any atom is 0.291 e. The number of fused-ring (bicyclic) bond motifs is 1. The third-order valence-electron chi connectivity index (χ3n) is 5.68. The number of ketones is 2. The van der Waals surface area contributed by atoms with E-state index in [-0.39, 0.29) is 5.76 Å². The molecule has 0 spiro atoms. The van der Waals surface area contributed by atoms with Gasteiger partial charge in [-0.1, -0.05) is 48.5 Å². The topological polar surface area (TPSA) is 80.7 Å². The molecule has 1 fully saturated rings. The number of amides is 1. The summed E-state index contributed by atoms with van der Waals surface area (Å²) in [6.07, 6.45) is 2.03. The highest BCUT2D eigenvalue weighted by Crippen LogP contribution is 2.39. The van der Waals surface area contributed by atoms with Crippen LogP contribution in [0.1, 0.15) is 27.9 Å². The van der Waals surface area contributed by atoms with Gasteiger partial charge in [0.05, 0.1) is 6.26 Å². The number of nitrogens with zero attached hydrogens (tertiary/aromatic N) is 1. The Hall–Kier alpha value is -3.93. The Kier molecular flexibility index (Phi) is 4.75. The predicted octanol–water partition coefficient (Wildman–Crippen LogP) is 4.22. The van der Waals surface area contributed by atoms with Crippen molar-refractivity contribution in [2.24, 2.45) is 5.92 Å². The van der Waals surface area contributed by atoms with Gasteiger partial charge in [-0.2, -0.15) is 0 Å². The number of rotatable bonds is 6. The number of carbonyl (C=O) groups is 3. The normalized spacial score (nSPS) is 18.8. The van der Waals surface area contributed by atoms with Crippen LogP contribution in [0.2, 0.25) is 0 Å². The number of para-hydroxylation sites is 1. The lowest BCUT2D eigenvalue weighted by Crippen LogP contribution is -2.32. The van der Waals surface area contributed by atoms with Crippen LogP contribution in [0.15, 0.2) is 87.9 Å². The van der Waals surface area contributed by atoms with Crippen LogP contribution in [0, 0.1) is 5.92 Å². The summed E-state index contributed by atoms with van der Waals surface area (Å²) in [7, 11) is 0. The van der Waals surface area contributed by atoms with Crippen molar-refractivity contribution >= 4 is 28.4 Å². The highest BCUT2D eigenvalue weighted by atomic mass is 16.3. The minimum Gasteiger partial charge on any atom is -0.467 e. The van der Waals surface area contributed by atoms with Crippen molar-refractivity contribution in [1.29, 1.82) is 0 Å². The van der Waals surface area contributed by atoms with E-state index >= 15 is 0 Å². The average Bonchev–Trinajstić information content (AvgIpc) is 3.52. The number of benzene rings is 2. The maximum atomic E-state index is 13.4. The molecule has 2 unspecified atom stereocenters. The second-order valence-corrected chi connectivity index (χ2v) is 7.55. The molecule has 31 heavy (non-hydrogen) atoms. The molecule has 2 aromatic heterocycles. The van der Waals surface area contributed by atoms with E-state index in [1.165, 1.54) is 11.2 Å². The summed E-state index contributed by atoms with van der Waals surface area (Å²) in [4.78, 5) is 40.7. The lowest BCUT2D eigenvalue weighted by Gasteiger charge is -2.24. The molecule has 2 aromatic carbocycles. The van der Waals surface area contributed by atoms with Gasteiger partial charge in [-0.05, 0) is 36.2 Å². The highest BCUT2D eigenvalue weighted by molar-refractivity contribution is 6.43. The summed E-state index contributed by atoms with van der Waals surface area (Å²) in [5.41, 5.74) is 1.59. The molecule has 0 saturated carbocycles. The number of furan rings is 2. The molecular weight excluding hydrogens is 394 g/mol. The molecule has 2 atom stereocenters. The first-order chi connectivity index (χ1) is 15.1. The molecule has 0 radical (unpaired) electrons. The van der Waals surface area contributed by atoms with Crippen molar-refractivity contribution < 1.29 is 23.2 Å². The molecule has 3 heterocycles. The monoisotopic (exact) mass is 413 g/mol. The number of likely N-dealkylation sites (tertiary alicyclic amines) is 1. The fraction of sp³-hybridized carbons (Fsp3) is 0.160. The van der Waals surface area contributed by atoms with Crippen molar-refractivity contribution in [3.8, 4) is 0 Å². The molecule has 5 rings (SSSR count). The zero-order valence-electron chi connectivity index (χ0n) is 16.6. The van der Waals surface area contributed by atoms with Crippen LogP contribution in [0.4, 0.5) is 0 Å². The van der Waals surface area contributed by atoms with Crippen LogP contribution in [-0.4, -0.2) is 28.9 Å². The van der Waals surface area contributed by atoms with E-state index in [4.69, 9.17) is 8.83 Å². The molecule has 0 aliphatic carbocycles. The maximum absolute atomic E-state index is 13.4. The van der Waals surface area contributed by atoms with E-state index in [0.717, 1.165) is 10.9 Å². The van der Waals surface area contributed by atoms with Gasteiger partial charge in [0.1, 0.15) is 23.3 Å². The predicted molar refractivity (Wildman–Crippen MR) is 112 cm³/mol. The fourth-order valence-electron chi connectivity index (χ4n) is 4.16. The SMILES string of the molecule is O=C1C(=O)N(CCc2ccccc2)C(c2ccco2)C1C(=O)c1cc2ccccc2o1. The lowest BCUT2D eigenvalue weighted by atomic mass is 9.91. The molecule has 1 aliphatic rings. The Morgan fingerprint density at radius 2 is 1.71 bits per heavy atom. The van der Waals surface area contributed by atoms with Crippen LogP contribution in [0.5, 0.6) is 0 Å². The molecule has 1 saturated heterocycles. The molecule has 1 aliphatic heterocycles. The summed E-state index contributed by atoms with van der Waals surface area (Å²) in [5.74, 6) is -2.67. The van der Waals surface area contributed by atoms with Crippen molar-refractivity contribution in [2.45, 2.75) is 12.5 Å². The largest absolute Gasteiger partial charge is 0.467 e. The van der Waals surface area contributed by atoms with E-state index in [0.29, 0.717) is 24.3 Å². The summed E-state index contributed by atoms with van der Waals surface area (Å²) < 4.78 is 11.2. The standard InChI is InChI=1S/C25H19NO5/c27-23(20-15-17-9-4-5-10-18(17)31-20)21-22(19-11-6-14-30-19)26(25(29)24(21)28)13-12-16-7-2-1-3-8-16/h1-11,14-15,21-22H,12-13H2.